The molecule has 16 heavy (non-hydrogen) atoms. The molecular formula is C9H11N3O3S. The van der Waals surface area contributed by atoms with E-state index in [-0.39, 0.29) is 0 Å². The van der Waals surface area contributed by atoms with Gasteiger partial charge in [-0.3, -0.25) is 4.79 Å². The first-order chi connectivity index (χ1) is 7.66. The van der Waals surface area contributed by atoms with Gasteiger partial charge in [-0.25, -0.2) is 4.79 Å². The molecule has 0 aliphatic heterocycles. The van der Waals surface area contributed by atoms with Crippen molar-refractivity contribution in [3.63, 3.8) is 0 Å². The van der Waals surface area contributed by atoms with Crippen LogP contribution in [0.4, 0.5) is 0 Å². The van der Waals surface area contributed by atoms with E-state index in [1.165, 1.54) is 6.20 Å². The van der Waals surface area contributed by atoms with Gasteiger partial charge in [0.2, 0.25) is 0 Å². The van der Waals surface area contributed by atoms with Crippen molar-refractivity contribution in [1.29, 1.82) is 0 Å². The monoisotopic (exact) mass is 241 g/mol. The van der Waals surface area contributed by atoms with Gasteiger partial charge in [0, 0.05) is 0 Å². The molecule has 1 aromatic heterocycles. The number of hydrogen-bond acceptors (Lipinski definition) is 5. The van der Waals surface area contributed by atoms with Gasteiger partial charge in [-0.15, -0.1) is 5.10 Å². The number of nitrogens with one attached hydrogen (secondary N) is 1. The van der Waals surface area contributed by atoms with Gasteiger partial charge in [0.15, 0.2) is 0 Å². The predicted molar refractivity (Wildman–Crippen MR) is 56.1 cm³/mol. The van der Waals surface area contributed by atoms with Gasteiger partial charge < -0.3 is 10.4 Å². The van der Waals surface area contributed by atoms with E-state index in [1.54, 1.807) is 0 Å². The van der Waals surface area contributed by atoms with Crippen molar-refractivity contribution >= 4 is 23.4 Å². The van der Waals surface area contributed by atoms with E-state index in [2.05, 4.69) is 14.9 Å². The van der Waals surface area contributed by atoms with Crippen LogP contribution in [0, 0.1) is 5.92 Å². The zero-order valence-electron chi connectivity index (χ0n) is 8.42. The van der Waals surface area contributed by atoms with Crippen LogP contribution in [0.1, 0.15) is 28.9 Å². The quantitative estimate of drug-likeness (QED) is 0.784. The second-order valence-corrected chi connectivity index (χ2v) is 4.61. The molecule has 86 valence electrons. The van der Waals surface area contributed by atoms with Crippen LogP contribution in [0.25, 0.3) is 0 Å². The first-order valence-electron chi connectivity index (χ1n) is 4.98. The molecule has 1 amide bonds. The second kappa shape index (κ2) is 4.56. The number of hydrogen-bond donors (Lipinski definition) is 2. The van der Waals surface area contributed by atoms with Crippen molar-refractivity contribution in [2.45, 2.75) is 25.3 Å². The number of carbonyl (C=O) groups is 2. The molecule has 7 heteroatoms. The molecule has 6 nitrogen and oxygen atoms in total. The minimum Gasteiger partial charge on any atom is -0.480 e. The Kier molecular flexibility index (Phi) is 3.14. The zero-order valence-corrected chi connectivity index (χ0v) is 9.24. The van der Waals surface area contributed by atoms with Crippen LogP contribution in [0.3, 0.4) is 0 Å². The van der Waals surface area contributed by atoms with Crippen LogP contribution in [0.5, 0.6) is 0 Å². The van der Waals surface area contributed by atoms with Crippen molar-refractivity contribution in [3.8, 4) is 0 Å². The Morgan fingerprint density at radius 3 is 2.88 bits per heavy atom. The number of aromatic nitrogens is 2. The van der Waals surface area contributed by atoms with Crippen molar-refractivity contribution < 1.29 is 14.7 Å². The van der Waals surface area contributed by atoms with Crippen LogP contribution in [-0.2, 0) is 4.79 Å². The van der Waals surface area contributed by atoms with Crippen LogP contribution < -0.4 is 5.32 Å². The normalized spacial score (nSPS) is 16.8. The minimum atomic E-state index is -0.988. The molecule has 1 saturated carbocycles. The second-order valence-electron chi connectivity index (χ2n) is 3.83. The first kappa shape index (κ1) is 11.0. The highest BCUT2D eigenvalue weighted by Gasteiger charge is 2.30. The largest absolute Gasteiger partial charge is 0.480 e. The molecule has 1 heterocycles. The van der Waals surface area contributed by atoms with Crippen LogP contribution in [-0.4, -0.2) is 32.6 Å². The lowest BCUT2D eigenvalue weighted by molar-refractivity contribution is -0.139. The highest BCUT2D eigenvalue weighted by molar-refractivity contribution is 7.07. The number of aliphatic carboxylic acids is 1. The molecular weight excluding hydrogens is 230 g/mol. The fourth-order valence-corrected chi connectivity index (χ4v) is 1.82. The van der Waals surface area contributed by atoms with E-state index < -0.39 is 17.9 Å². The Balaban J connectivity index is 1.94. The maximum atomic E-state index is 11.6. The van der Waals surface area contributed by atoms with Gasteiger partial charge in [0.1, 0.15) is 10.9 Å². The van der Waals surface area contributed by atoms with Crippen molar-refractivity contribution in [1.82, 2.24) is 14.9 Å². The molecule has 2 N–H and O–H groups in total. The summed E-state index contributed by atoms with van der Waals surface area (Å²) < 4.78 is 3.55. The van der Waals surface area contributed by atoms with Gasteiger partial charge in [-0.1, -0.05) is 17.3 Å². The van der Waals surface area contributed by atoms with Gasteiger partial charge in [-0.2, -0.15) is 0 Å². The molecule has 0 bridgehead atoms. The van der Waals surface area contributed by atoms with Crippen LogP contribution >= 0.6 is 11.5 Å². The van der Waals surface area contributed by atoms with Gasteiger partial charge >= 0.3 is 5.97 Å². The fraction of sp³-hybridized carbons (Fsp3) is 0.556. The Morgan fingerprint density at radius 1 is 1.62 bits per heavy atom. The fourth-order valence-electron chi connectivity index (χ4n) is 1.40. The minimum absolute atomic E-state index is 0.335. The summed E-state index contributed by atoms with van der Waals surface area (Å²) in [7, 11) is 0. The Hall–Kier alpha value is -1.50. The number of carbonyl (C=O) groups excluding carboxylic acids is 1. The summed E-state index contributed by atoms with van der Waals surface area (Å²) in [4.78, 5) is 22.8. The summed E-state index contributed by atoms with van der Waals surface area (Å²) in [5.41, 5.74) is 0. The lowest BCUT2D eigenvalue weighted by Gasteiger charge is -2.12. The molecule has 0 aromatic carbocycles. The molecule has 1 aromatic rings. The molecule has 2 rings (SSSR count). The van der Waals surface area contributed by atoms with Crippen molar-refractivity contribution in [2.75, 3.05) is 0 Å². The summed E-state index contributed by atoms with van der Waals surface area (Å²) >= 11 is 0.953. The number of rotatable bonds is 5. The summed E-state index contributed by atoms with van der Waals surface area (Å²) in [6.07, 6.45) is 3.95. The Morgan fingerprint density at radius 2 is 2.38 bits per heavy atom. The van der Waals surface area contributed by atoms with Crippen LogP contribution in [0.2, 0.25) is 0 Å². The SMILES string of the molecule is O=C(NC(CC1CC1)C(=O)O)c1cnns1. The molecule has 1 aliphatic rings. The van der Waals surface area contributed by atoms with E-state index in [0.29, 0.717) is 17.2 Å². The standard InChI is InChI=1S/C9H11N3O3S/c13-8(7-4-10-12-16-7)11-6(9(14)15)3-5-1-2-5/h4-6H,1-3H2,(H,11,13)(H,14,15). The van der Waals surface area contributed by atoms with Crippen molar-refractivity contribution in [3.05, 3.63) is 11.1 Å². The summed E-state index contributed by atoms with van der Waals surface area (Å²) in [6, 6.07) is -0.804. The molecule has 0 radical (unpaired) electrons. The summed E-state index contributed by atoms with van der Waals surface area (Å²) in [6.45, 7) is 0. The highest BCUT2D eigenvalue weighted by atomic mass is 32.1. The topological polar surface area (TPSA) is 92.2 Å². The maximum absolute atomic E-state index is 11.6. The van der Waals surface area contributed by atoms with Crippen LogP contribution in [0.15, 0.2) is 6.20 Å². The maximum Gasteiger partial charge on any atom is 0.326 e. The van der Waals surface area contributed by atoms with E-state index in [0.717, 1.165) is 24.4 Å². The molecule has 0 spiro atoms. The third-order valence-electron chi connectivity index (χ3n) is 2.45. The van der Waals surface area contributed by atoms with E-state index in [4.69, 9.17) is 5.11 Å². The van der Waals surface area contributed by atoms with Gasteiger partial charge in [0.05, 0.1) is 6.20 Å². The van der Waals surface area contributed by atoms with Gasteiger partial charge in [-0.05, 0) is 23.9 Å². The van der Waals surface area contributed by atoms with Gasteiger partial charge in [0.25, 0.3) is 5.91 Å². The average Bonchev–Trinajstić information content (AvgIpc) is 2.89. The smallest absolute Gasteiger partial charge is 0.326 e. The Labute approximate surface area is 95.8 Å². The lowest BCUT2D eigenvalue weighted by Crippen LogP contribution is -2.40. The number of carboxylic acid groups (broad SMARTS) is 1. The van der Waals surface area contributed by atoms with E-state index in [1.807, 2.05) is 0 Å². The summed E-state index contributed by atoms with van der Waals surface area (Å²) in [5.74, 6) is -0.957. The highest BCUT2D eigenvalue weighted by Crippen LogP contribution is 2.33. The molecule has 1 atom stereocenters. The average molecular weight is 241 g/mol. The van der Waals surface area contributed by atoms with Crippen molar-refractivity contribution in [2.24, 2.45) is 5.92 Å². The number of amides is 1. The molecule has 1 unspecified atom stereocenters. The first-order valence-corrected chi connectivity index (χ1v) is 5.75. The molecule has 1 fully saturated rings. The predicted octanol–water partition coefficient (Wildman–Crippen LogP) is 0.521. The number of nitrogens with zero attached hydrogens (tertiary/aromatic N) is 2. The van der Waals surface area contributed by atoms with E-state index in [9.17, 15) is 9.59 Å². The molecule has 1 aliphatic carbocycles. The van der Waals surface area contributed by atoms with E-state index >= 15 is 0 Å². The number of carboxylic acids is 1. The summed E-state index contributed by atoms with van der Waals surface area (Å²) in [5, 5.41) is 15.0. The Bertz CT molecular complexity index is 389. The zero-order chi connectivity index (χ0) is 11.5. The molecule has 0 saturated heterocycles. The lowest BCUT2D eigenvalue weighted by atomic mass is 10.1. The third kappa shape index (κ3) is 2.75. The third-order valence-corrected chi connectivity index (χ3v) is 3.12.